The van der Waals surface area contributed by atoms with Crippen LogP contribution in [0.1, 0.15) is 33.1 Å². The van der Waals surface area contributed by atoms with Gasteiger partial charge in [0, 0.05) is 5.56 Å². The normalized spacial score (nSPS) is 16.4. The van der Waals surface area contributed by atoms with E-state index in [1.807, 2.05) is 31.2 Å². The number of benzene rings is 2. The minimum atomic E-state index is -0.0155. The number of carbonyl (C=O) groups excluding carboxylic acids is 1. The monoisotopic (exact) mass is 339 g/mol. The first kappa shape index (κ1) is 17.6. The zero-order valence-electron chi connectivity index (χ0n) is 15.0. The smallest absolute Gasteiger partial charge is 0.251 e. The number of morpholine rings is 1. The van der Waals surface area contributed by atoms with Crippen molar-refractivity contribution in [2.75, 3.05) is 32.8 Å². The summed E-state index contributed by atoms with van der Waals surface area (Å²) in [4.78, 5) is 14.2. The molecule has 0 aromatic heterocycles. The Morgan fingerprint density at radius 2 is 1.56 bits per heavy atom. The molecule has 3 rings (SSSR count). The van der Waals surface area contributed by atoms with Gasteiger partial charge in [0.1, 0.15) is 25.7 Å². The second-order valence-corrected chi connectivity index (χ2v) is 6.87. The van der Waals surface area contributed by atoms with E-state index in [0.29, 0.717) is 5.56 Å². The van der Waals surface area contributed by atoms with Crippen LogP contribution in [0.5, 0.6) is 0 Å². The van der Waals surface area contributed by atoms with E-state index in [1.165, 1.54) is 10.5 Å². The van der Waals surface area contributed by atoms with Crippen molar-refractivity contribution in [3.63, 3.8) is 0 Å². The molecule has 1 saturated heterocycles. The van der Waals surface area contributed by atoms with Crippen LogP contribution in [0.3, 0.4) is 0 Å². The molecule has 0 radical (unpaired) electrons. The molecule has 0 spiro atoms. The van der Waals surface area contributed by atoms with E-state index in [0.717, 1.165) is 44.0 Å². The average molecular weight is 339 g/mol. The number of rotatable bonds is 5. The topological polar surface area (TPSA) is 42.8 Å². The van der Waals surface area contributed by atoms with Crippen LogP contribution < -0.4 is 10.2 Å². The second kappa shape index (κ2) is 8.28. The quantitative estimate of drug-likeness (QED) is 0.871. The Kier molecular flexibility index (Phi) is 5.84. The standard InChI is InChI=1S/C21H26N2O2/c1-16-3-7-18(8-4-16)20(15-23-11-13-25-14-12-23)22-21(24)19-9-5-17(2)6-10-19/h3-10,20H,11-15H2,1-2H3,(H,22,24)/p+1/t20-/m0/s1. The Labute approximate surface area is 149 Å². The molecule has 0 aliphatic carbocycles. The zero-order chi connectivity index (χ0) is 17.6. The lowest BCUT2D eigenvalue weighted by atomic mass is 10.0. The van der Waals surface area contributed by atoms with E-state index in [1.54, 1.807) is 0 Å². The number of quaternary nitrogens is 1. The lowest BCUT2D eigenvalue weighted by molar-refractivity contribution is -0.909. The Hall–Kier alpha value is -2.17. The summed E-state index contributed by atoms with van der Waals surface area (Å²) in [6.07, 6.45) is 0. The molecule has 4 heteroatoms. The summed E-state index contributed by atoms with van der Waals surface area (Å²) < 4.78 is 5.46. The van der Waals surface area contributed by atoms with Gasteiger partial charge < -0.3 is 15.0 Å². The van der Waals surface area contributed by atoms with Gasteiger partial charge >= 0.3 is 0 Å². The fourth-order valence-corrected chi connectivity index (χ4v) is 3.15. The second-order valence-electron chi connectivity index (χ2n) is 6.87. The number of carbonyl (C=O) groups is 1. The van der Waals surface area contributed by atoms with Crippen LogP contribution in [-0.4, -0.2) is 38.8 Å². The molecule has 0 saturated carbocycles. The Balaban J connectivity index is 1.76. The third-order valence-electron chi connectivity index (χ3n) is 4.79. The van der Waals surface area contributed by atoms with Gasteiger partial charge in [-0.25, -0.2) is 0 Å². The van der Waals surface area contributed by atoms with Crippen LogP contribution in [0, 0.1) is 13.8 Å². The molecule has 1 heterocycles. The van der Waals surface area contributed by atoms with Gasteiger partial charge in [0.05, 0.1) is 13.2 Å². The molecule has 1 atom stereocenters. The molecule has 2 N–H and O–H groups in total. The first-order chi connectivity index (χ1) is 12.1. The number of hydrogen-bond acceptors (Lipinski definition) is 2. The van der Waals surface area contributed by atoms with Crippen LogP contribution in [-0.2, 0) is 4.74 Å². The molecule has 2 aromatic carbocycles. The van der Waals surface area contributed by atoms with Gasteiger partial charge in [-0.05, 0) is 31.5 Å². The number of ether oxygens (including phenoxy) is 1. The van der Waals surface area contributed by atoms with Gasteiger partial charge in [-0.1, -0.05) is 47.5 Å². The largest absolute Gasteiger partial charge is 0.370 e. The molecule has 1 aliphatic rings. The lowest BCUT2D eigenvalue weighted by Crippen LogP contribution is -3.14. The highest BCUT2D eigenvalue weighted by Gasteiger charge is 2.23. The maximum absolute atomic E-state index is 12.7. The molecule has 0 bridgehead atoms. The first-order valence-electron chi connectivity index (χ1n) is 8.97. The Bertz CT molecular complexity index is 689. The van der Waals surface area contributed by atoms with Crippen molar-refractivity contribution >= 4 is 5.91 Å². The van der Waals surface area contributed by atoms with Crippen molar-refractivity contribution in [2.24, 2.45) is 0 Å². The van der Waals surface area contributed by atoms with Crippen molar-refractivity contribution in [3.05, 3.63) is 70.8 Å². The minimum Gasteiger partial charge on any atom is -0.370 e. The Morgan fingerprint density at radius 1 is 1.00 bits per heavy atom. The van der Waals surface area contributed by atoms with Crippen LogP contribution in [0.25, 0.3) is 0 Å². The van der Waals surface area contributed by atoms with E-state index in [9.17, 15) is 4.79 Å². The predicted octanol–water partition coefficient (Wildman–Crippen LogP) is 1.69. The summed E-state index contributed by atoms with van der Waals surface area (Å²) in [7, 11) is 0. The van der Waals surface area contributed by atoms with Crippen LogP contribution in [0.2, 0.25) is 0 Å². The molecule has 0 unspecified atom stereocenters. The van der Waals surface area contributed by atoms with E-state index >= 15 is 0 Å². The molecular formula is C21H27N2O2+. The van der Waals surface area contributed by atoms with Gasteiger partial charge in [0.15, 0.2) is 0 Å². The molecule has 1 amide bonds. The van der Waals surface area contributed by atoms with Gasteiger partial charge in [0.2, 0.25) is 0 Å². The van der Waals surface area contributed by atoms with Gasteiger partial charge in [-0.2, -0.15) is 0 Å². The zero-order valence-corrected chi connectivity index (χ0v) is 15.0. The maximum Gasteiger partial charge on any atom is 0.251 e. The molecule has 2 aromatic rings. The average Bonchev–Trinajstić information content (AvgIpc) is 2.63. The molecule has 1 aliphatic heterocycles. The van der Waals surface area contributed by atoms with Crippen molar-refractivity contribution in [3.8, 4) is 0 Å². The van der Waals surface area contributed by atoms with Crippen molar-refractivity contribution < 1.29 is 14.4 Å². The molecule has 132 valence electrons. The van der Waals surface area contributed by atoms with Crippen molar-refractivity contribution in [1.29, 1.82) is 0 Å². The number of amides is 1. The number of aryl methyl sites for hydroxylation is 2. The fraction of sp³-hybridized carbons (Fsp3) is 0.381. The van der Waals surface area contributed by atoms with E-state index in [2.05, 4.69) is 36.5 Å². The first-order valence-corrected chi connectivity index (χ1v) is 8.97. The van der Waals surface area contributed by atoms with Gasteiger partial charge in [0.25, 0.3) is 5.91 Å². The summed E-state index contributed by atoms with van der Waals surface area (Å²) >= 11 is 0. The highest BCUT2D eigenvalue weighted by molar-refractivity contribution is 5.94. The Morgan fingerprint density at radius 3 is 2.16 bits per heavy atom. The summed E-state index contributed by atoms with van der Waals surface area (Å²) in [5.74, 6) is -0.0155. The summed E-state index contributed by atoms with van der Waals surface area (Å²) in [6, 6.07) is 16.2. The van der Waals surface area contributed by atoms with E-state index in [4.69, 9.17) is 4.74 Å². The molecule has 25 heavy (non-hydrogen) atoms. The predicted molar refractivity (Wildman–Crippen MR) is 98.9 cm³/mol. The number of nitrogens with one attached hydrogen (secondary N) is 2. The summed E-state index contributed by atoms with van der Waals surface area (Å²) in [6.45, 7) is 8.55. The maximum atomic E-state index is 12.7. The molecular weight excluding hydrogens is 312 g/mol. The van der Waals surface area contributed by atoms with Crippen LogP contribution >= 0.6 is 0 Å². The highest BCUT2D eigenvalue weighted by atomic mass is 16.5. The molecule has 1 fully saturated rings. The van der Waals surface area contributed by atoms with Crippen molar-refractivity contribution in [1.82, 2.24) is 5.32 Å². The number of hydrogen-bond donors (Lipinski definition) is 2. The highest BCUT2D eigenvalue weighted by Crippen LogP contribution is 2.14. The van der Waals surface area contributed by atoms with E-state index < -0.39 is 0 Å². The van der Waals surface area contributed by atoms with Crippen LogP contribution in [0.15, 0.2) is 48.5 Å². The fourth-order valence-electron chi connectivity index (χ4n) is 3.15. The van der Waals surface area contributed by atoms with Gasteiger partial charge in [-0.15, -0.1) is 0 Å². The summed E-state index contributed by atoms with van der Waals surface area (Å²) in [5.41, 5.74) is 4.25. The SMILES string of the molecule is Cc1ccc(C(=O)N[C@@H](C[NH+]2CCOCC2)c2ccc(C)cc2)cc1. The molecule has 4 nitrogen and oxygen atoms in total. The third kappa shape index (κ3) is 4.91. The van der Waals surface area contributed by atoms with E-state index in [-0.39, 0.29) is 11.9 Å². The lowest BCUT2D eigenvalue weighted by Gasteiger charge is -2.28. The van der Waals surface area contributed by atoms with Gasteiger partial charge in [-0.3, -0.25) is 4.79 Å². The minimum absolute atomic E-state index is 0.00232. The van der Waals surface area contributed by atoms with Crippen LogP contribution in [0.4, 0.5) is 0 Å². The third-order valence-corrected chi connectivity index (χ3v) is 4.79. The van der Waals surface area contributed by atoms with Crippen molar-refractivity contribution in [2.45, 2.75) is 19.9 Å². The summed E-state index contributed by atoms with van der Waals surface area (Å²) in [5, 5.41) is 3.24.